The van der Waals surface area contributed by atoms with Crippen molar-refractivity contribution in [2.75, 3.05) is 45.3 Å². The Morgan fingerprint density at radius 2 is 1.90 bits per heavy atom. The molecule has 1 N–H and O–H groups in total. The molecule has 0 radical (unpaired) electrons. The van der Waals surface area contributed by atoms with E-state index in [9.17, 15) is 18.0 Å². The zero-order chi connectivity index (χ0) is 22.4. The van der Waals surface area contributed by atoms with Gasteiger partial charge >= 0.3 is 5.97 Å². The molecule has 0 aliphatic carbocycles. The molecular formula is C20H21ClN2O7S. The molecule has 1 aliphatic rings. The Balaban J connectivity index is 1.67. The second-order valence-corrected chi connectivity index (χ2v) is 8.86. The number of morpholine rings is 1. The lowest BCUT2D eigenvalue weighted by Gasteiger charge is -2.26. The largest absolute Gasteiger partial charge is 0.497 e. The summed E-state index contributed by atoms with van der Waals surface area (Å²) in [7, 11) is -2.32. The van der Waals surface area contributed by atoms with Crippen LogP contribution in [0.5, 0.6) is 5.75 Å². The summed E-state index contributed by atoms with van der Waals surface area (Å²) in [4.78, 5) is 24.4. The fourth-order valence-corrected chi connectivity index (χ4v) is 4.49. The van der Waals surface area contributed by atoms with Crippen LogP contribution in [-0.2, 0) is 24.3 Å². The number of anilines is 1. The molecule has 1 amide bonds. The number of amides is 1. The summed E-state index contributed by atoms with van der Waals surface area (Å²) in [5.41, 5.74) is 0.321. The van der Waals surface area contributed by atoms with Crippen molar-refractivity contribution in [2.45, 2.75) is 4.90 Å². The molecule has 166 valence electrons. The van der Waals surface area contributed by atoms with E-state index < -0.39 is 28.5 Å². The molecule has 1 fully saturated rings. The van der Waals surface area contributed by atoms with Gasteiger partial charge in [-0.15, -0.1) is 0 Å². The topological polar surface area (TPSA) is 111 Å². The Morgan fingerprint density at radius 1 is 1.16 bits per heavy atom. The summed E-state index contributed by atoms with van der Waals surface area (Å²) >= 11 is 6.06. The van der Waals surface area contributed by atoms with Crippen LogP contribution in [-0.4, -0.2) is 64.6 Å². The standard InChI is InChI=1S/C20H21ClN2O7S/c1-28-15-4-2-3-14(11-15)22-19(24)13-30-20(25)17-12-16(5-6-18(17)21)31(26,27)23-7-9-29-10-8-23/h2-6,11-12H,7-10,13H2,1H3,(H,22,24). The van der Waals surface area contributed by atoms with Crippen LogP contribution in [0.1, 0.15) is 10.4 Å². The van der Waals surface area contributed by atoms with E-state index in [1.165, 1.54) is 23.5 Å². The number of rotatable bonds is 7. The Hall–Kier alpha value is -2.66. The molecule has 2 aromatic rings. The summed E-state index contributed by atoms with van der Waals surface area (Å²) in [6, 6.07) is 10.4. The van der Waals surface area contributed by atoms with E-state index in [1.54, 1.807) is 24.3 Å². The molecular weight excluding hydrogens is 448 g/mol. The van der Waals surface area contributed by atoms with Gasteiger partial charge in [0.1, 0.15) is 5.75 Å². The molecule has 9 nitrogen and oxygen atoms in total. The molecule has 0 aromatic heterocycles. The highest BCUT2D eigenvalue weighted by Crippen LogP contribution is 2.24. The first kappa shape index (κ1) is 23.0. The van der Waals surface area contributed by atoms with Crippen LogP contribution in [0.25, 0.3) is 0 Å². The van der Waals surface area contributed by atoms with E-state index >= 15 is 0 Å². The minimum Gasteiger partial charge on any atom is -0.497 e. The number of methoxy groups -OCH3 is 1. The van der Waals surface area contributed by atoms with E-state index in [2.05, 4.69) is 5.32 Å². The number of halogens is 1. The second-order valence-electron chi connectivity index (χ2n) is 6.51. The number of esters is 1. The van der Waals surface area contributed by atoms with Crippen molar-refractivity contribution >= 4 is 39.2 Å². The van der Waals surface area contributed by atoms with Crippen molar-refractivity contribution < 1.29 is 32.2 Å². The third-order valence-electron chi connectivity index (χ3n) is 4.45. The first-order valence-electron chi connectivity index (χ1n) is 9.30. The predicted octanol–water partition coefficient (Wildman–Crippen LogP) is 2.17. The molecule has 0 unspecified atom stereocenters. The maximum atomic E-state index is 12.8. The highest BCUT2D eigenvalue weighted by atomic mass is 35.5. The average Bonchev–Trinajstić information content (AvgIpc) is 2.78. The molecule has 2 aromatic carbocycles. The Kier molecular flexibility index (Phi) is 7.50. The Labute approximate surface area is 184 Å². The van der Waals surface area contributed by atoms with Crippen LogP contribution in [0.3, 0.4) is 0 Å². The predicted molar refractivity (Wildman–Crippen MR) is 113 cm³/mol. The van der Waals surface area contributed by atoms with Gasteiger partial charge in [-0.2, -0.15) is 4.31 Å². The number of carbonyl (C=O) groups excluding carboxylic acids is 2. The number of nitrogens with zero attached hydrogens (tertiary/aromatic N) is 1. The fraction of sp³-hybridized carbons (Fsp3) is 0.300. The Bertz CT molecular complexity index is 1070. The van der Waals surface area contributed by atoms with E-state index in [0.717, 1.165) is 6.07 Å². The van der Waals surface area contributed by atoms with Crippen molar-refractivity contribution in [3.8, 4) is 5.75 Å². The summed E-state index contributed by atoms with van der Waals surface area (Å²) in [6.45, 7) is 0.450. The summed E-state index contributed by atoms with van der Waals surface area (Å²) in [6.07, 6.45) is 0. The molecule has 0 bridgehead atoms. The van der Waals surface area contributed by atoms with E-state index in [4.69, 9.17) is 25.8 Å². The van der Waals surface area contributed by atoms with Crippen LogP contribution in [0, 0.1) is 0 Å². The first-order chi connectivity index (χ1) is 14.8. The van der Waals surface area contributed by atoms with Crippen LogP contribution in [0.2, 0.25) is 5.02 Å². The maximum Gasteiger partial charge on any atom is 0.340 e. The minimum absolute atomic E-state index is 0.0131. The molecule has 31 heavy (non-hydrogen) atoms. The van der Waals surface area contributed by atoms with Gasteiger partial charge in [0.15, 0.2) is 6.61 Å². The van der Waals surface area contributed by atoms with Gasteiger partial charge in [-0.25, -0.2) is 13.2 Å². The van der Waals surface area contributed by atoms with Gasteiger partial charge in [0, 0.05) is 24.8 Å². The van der Waals surface area contributed by atoms with Crippen LogP contribution in [0.15, 0.2) is 47.4 Å². The Morgan fingerprint density at radius 3 is 2.61 bits per heavy atom. The quantitative estimate of drug-likeness (QED) is 0.620. The maximum absolute atomic E-state index is 12.8. The van der Waals surface area contributed by atoms with Crippen molar-refractivity contribution in [2.24, 2.45) is 0 Å². The third-order valence-corrected chi connectivity index (χ3v) is 6.68. The van der Waals surface area contributed by atoms with Crippen molar-refractivity contribution in [3.05, 3.63) is 53.1 Å². The number of benzene rings is 2. The van der Waals surface area contributed by atoms with Gasteiger partial charge in [0.05, 0.1) is 35.8 Å². The second kappa shape index (κ2) is 10.1. The van der Waals surface area contributed by atoms with Crippen molar-refractivity contribution in [1.82, 2.24) is 4.31 Å². The fourth-order valence-electron chi connectivity index (χ4n) is 2.86. The smallest absolute Gasteiger partial charge is 0.340 e. The van der Waals surface area contributed by atoms with Gasteiger partial charge in [-0.05, 0) is 30.3 Å². The number of hydrogen-bond acceptors (Lipinski definition) is 7. The lowest BCUT2D eigenvalue weighted by molar-refractivity contribution is -0.119. The normalized spacial score (nSPS) is 14.6. The SMILES string of the molecule is COc1cccc(NC(=O)COC(=O)c2cc(S(=O)(=O)N3CCOCC3)ccc2Cl)c1. The summed E-state index contributed by atoms with van der Waals surface area (Å²) < 4.78 is 42.1. The van der Waals surface area contributed by atoms with E-state index in [0.29, 0.717) is 24.7 Å². The molecule has 1 heterocycles. The zero-order valence-electron chi connectivity index (χ0n) is 16.7. The lowest BCUT2D eigenvalue weighted by Crippen LogP contribution is -2.40. The average molecular weight is 469 g/mol. The molecule has 0 atom stereocenters. The van der Waals surface area contributed by atoms with E-state index in [-0.39, 0.29) is 28.6 Å². The summed E-state index contributed by atoms with van der Waals surface area (Å²) in [5.74, 6) is -0.931. The van der Waals surface area contributed by atoms with Crippen LogP contribution >= 0.6 is 11.6 Å². The first-order valence-corrected chi connectivity index (χ1v) is 11.1. The van der Waals surface area contributed by atoms with Crippen LogP contribution in [0.4, 0.5) is 5.69 Å². The monoisotopic (exact) mass is 468 g/mol. The van der Waals surface area contributed by atoms with Gasteiger partial charge < -0.3 is 19.5 Å². The number of ether oxygens (including phenoxy) is 3. The molecule has 0 saturated carbocycles. The van der Waals surface area contributed by atoms with Gasteiger partial charge in [-0.3, -0.25) is 4.79 Å². The lowest BCUT2D eigenvalue weighted by atomic mass is 10.2. The van der Waals surface area contributed by atoms with Crippen LogP contribution < -0.4 is 10.1 Å². The highest BCUT2D eigenvalue weighted by molar-refractivity contribution is 7.89. The highest BCUT2D eigenvalue weighted by Gasteiger charge is 2.28. The zero-order valence-corrected chi connectivity index (χ0v) is 18.2. The van der Waals surface area contributed by atoms with Gasteiger partial charge in [0.2, 0.25) is 10.0 Å². The molecule has 3 rings (SSSR count). The molecule has 1 saturated heterocycles. The van der Waals surface area contributed by atoms with Crippen molar-refractivity contribution in [1.29, 1.82) is 0 Å². The molecule has 0 spiro atoms. The number of hydrogen-bond donors (Lipinski definition) is 1. The van der Waals surface area contributed by atoms with Gasteiger partial charge in [-0.1, -0.05) is 17.7 Å². The molecule has 11 heteroatoms. The number of nitrogens with one attached hydrogen (secondary N) is 1. The van der Waals surface area contributed by atoms with Crippen molar-refractivity contribution in [3.63, 3.8) is 0 Å². The summed E-state index contributed by atoms with van der Waals surface area (Å²) in [5, 5.41) is 2.59. The number of carbonyl (C=O) groups is 2. The molecule has 1 aliphatic heterocycles. The number of sulfonamides is 1. The van der Waals surface area contributed by atoms with Gasteiger partial charge in [0.25, 0.3) is 5.91 Å². The van der Waals surface area contributed by atoms with E-state index in [1.807, 2.05) is 0 Å². The third kappa shape index (κ3) is 5.73. The minimum atomic E-state index is -3.82.